The molecule has 2 rings (SSSR count). The molecule has 23 heavy (non-hydrogen) atoms. The molecular formula is C13H18F3N3O3S. The third-order valence-electron chi connectivity index (χ3n) is 3.47. The second-order valence-corrected chi connectivity index (χ2v) is 7.25. The van der Waals surface area contributed by atoms with Crippen LogP contribution in [0.15, 0.2) is 23.2 Å². The zero-order chi connectivity index (χ0) is 17.1. The first kappa shape index (κ1) is 18.0. The molecule has 1 aromatic heterocycles. The monoisotopic (exact) mass is 353 g/mol. The van der Waals surface area contributed by atoms with Crippen molar-refractivity contribution in [3.63, 3.8) is 0 Å². The molecule has 1 unspecified atom stereocenters. The summed E-state index contributed by atoms with van der Waals surface area (Å²) in [6, 6.07) is 2.33. The lowest BCUT2D eigenvalue weighted by atomic mass is 10.1. The highest BCUT2D eigenvalue weighted by Crippen LogP contribution is 2.25. The molecule has 0 radical (unpaired) electrons. The van der Waals surface area contributed by atoms with Gasteiger partial charge in [0.15, 0.2) is 6.61 Å². The van der Waals surface area contributed by atoms with Gasteiger partial charge in [0.25, 0.3) is 0 Å². The van der Waals surface area contributed by atoms with E-state index >= 15 is 0 Å². The van der Waals surface area contributed by atoms with Crippen LogP contribution in [0.4, 0.5) is 13.2 Å². The zero-order valence-corrected chi connectivity index (χ0v) is 13.3. The molecule has 1 N–H and O–H groups in total. The third kappa shape index (κ3) is 4.79. The SMILES string of the molecule is CNCC1CCN(S(=O)(=O)c2ccc(OCC(F)(F)F)nc2)C1. The summed E-state index contributed by atoms with van der Waals surface area (Å²) in [7, 11) is -1.88. The molecule has 0 spiro atoms. The molecule has 0 aromatic carbocycles. The lowest BCUT2D eigenvalue weighted by Crippen LogP contribution is -2.30. The molecule has 1 saturated heterocycles. The predicted molar refractivity (Wildman–Crippen MR) is 76.6 cm³/mol. The minimum absolute atomic E-state index is 0.0537. The van der Waals surface area contributed by atoms with Crippen molar-refractivity contribution in [1.29, 1.82) is 0 Å². The molecule has 1 atom stereocenters. The van der Waals surface area contributed by atoms with E-state index in [1.54, 1.807) is 7.05 Å². The standard InChI is InChI=1S/C13H18F3N3O3S/c1-17-6-10-4-5-19(8-10)23(20,21)11-2-3-12(18-7-11)22-9-13(14,15)16/h2-3,7,10,17H,4-6,8-9H2,1H3. The number of hydrogen-bond acceptors (Lipinski definition) is 5. The summed E-state index contributed by atoms with van der Waals surface area (Å²) in [5.74, 6) is -0.0205. The Kier molecular flexibility index (Phi) is 5.48. The van der Waals surface area contributed by atoms with Gasteiger partial charge < -0.3 is 10.1 Å². The number of rotatable bonds is 6. The Bertz CT molecular complexity index is 620. The molecule has 0 saturated carbocycles. The first-order valence-electron chi connectivity index (χ1n) is 7.03. The molecule has 0 bridgehead atoms. The maximum absolute atomic E-state index is 12.5. The fraction of sp³-hybridized carbons (Fsp3) is 0.615. The Labute approximate surface area is 132 Å². The number of nitrogens with zero attached hydrogens (tertiary/aromatic N) is 2. The lowest BCUT2D eigenvalue weighted by Gasteiger charge is -2.16. The van der Waals surface area contributed by atoms with Gasteiger partial charge in [-0.15, -0.1) is 0 Å². The quantitative estimate of drug-likeness (QED) is 0.834. The molecule has 6 nitrogen and oxygen atoms in total. The average Bonchev–Trinajstić information content (AvgIpc) is 2.95. The van der Waals surface area contributed by atoms with Crippen molar-refractivity contribution in [3.8, 4) is 5.88 Å². The number of nitrogens with one attached hydrogen (secondary N) is 1. The number of ether oxygens (including phenoxy) is 1. The Morgan fingerprint density at radius 3 is 2.74 bits per heavy atom. The number of hydrogen-bond donors (Lipinski definition) is 1. The van der Waals surface area contributed by atoms with Crippen molar-refractivity contribution in [3.05, 3.63) is 18.3 Å². The van der Waals surface area contributed by atoms with E-state index in [1.807, 2.05) is 0 Å². The molecule has 1 aliphatic heterocycles. The molecule has 130 valence electrons. The van der Waals surface area contributed by atoms with Gasteiger partial charge in [0.2, 0.25) is 15.9 Å². The van der Waals surface area contributed by atoms with Crippen LogP contribution in [0.2, 0.25) is 0 Å². The summed E-state index contributed by atoms with van der Waals surface area (Å²) in [6.07, 6.45) is -2.68. The molecule has 0 aliphatic carbocycles. The van der Waals surface area contributed by atoms with Crippen LogP contribution in [-0.2, 0) is 10.0 Å². The highest BCUT2D eigenvalue weighted by Gasteiger charge is 2.32. The summed E-state index contributed by atoms with van der Waals surface area (Å²) in [4.78, 5) is 3.58. The van der Waals surface area contributed by atoms with E-state index in [1.165, 1.54) is 10.4 Å². The molecular weight excluding hydrogens is 335 g/mol. The van der Waals surface area contributed by atoms with Crippen molar-refractivity contribution in [2.45, 2.75) is 17.5 Å². The van der Waals surface area contributed by atoms with Crippen molar-refractivity contribution in [2.75, 3.05) is 33.3 Å². The van der Waals surface area contributed by atoms with E-state index in [0.29, 0.717) is 13.1 Å². The maximum Gasteiger partial charge on any atom is 0.422 e. The van der Waals surface area contributed by atoms with E-state index in [2.05, 4.69) is 15.0 Å². The van der Waals surface area contributed by atoms with E-state index < -0.39 is 22.8 Å². The van der Waals surface area contributed by atoms with Crippen LogP contribution in [0.3, 0.4) is 0 Å². The molecule has 1 fully saturated rings. The van der Waals surface area contributed by atoms with E-state index in [9.17, 15) is 21.6 Å². The van der Waals surface area contributed by atoms with Gasteiger partial charge in [-0.3, -0.25) is 0 Å². The fourth-order valence-electron chi connectivity index (χ4n) is 2.38. The molecule has 0 amide bonds. The number of alkyl halides is 3. The Balaban J connectivity index is 2.03. The predicted octanol–water partition coefficient (Wildman–Crippen LogP) is 1.25. The minimum Gasteiger partial charge on any atom is -0.468 e. The van der Waals surface area contributed by atoms with Crippen LogP contribution in [0.5, 0.6) is 5.88 Å². The van der Waals surface area contributed by atoms with Gasteiger partial charge in [0, 0.05) is 19.2 Å². The van der Waals surface area contributed by atoms with Crippen molar-refractivity contribution >= 4 is 10.0 Å². The topological polar surface area (TPSA) is 71.5 Å². The Morgan fingerprint density at radius 1 is 1.43 bits per heavy atom. The second kappa shape index (κ2) is 7.02. The lowest BCUT2D eigenvalue weighted by molar-refractivity contribution is -0.154. The van der Waals surface area contributed by atoms with Crippen LogP contribution < -0.4 is 10.1 Å². The van der Waals surface area contributed by atoms with Gasteiger partial charge in [0.05, 0.1) is 6.20 Å². The highest BCUT2D eigenvalue weighted by atomic mass is 32.2. The fourth-order valence-corrected chi connectivity index (χ4v) is 3.86. The number of halogens is 3. The van der Waals surface area contributed by atoms with E-state index in [4.69, 9.17) is 0 Å². The smallest absolute Gasteiger partial charge is 0.422 e. The van der Waals surface area contributed by atoms with Gasteiger partial charge in [-0.05, 0) is 32.0 Å². The summed E-state index contributed by atoms with van der Waals surface area (Å²) in [5, 5.41) is 3.01. The molecule has 1 aromatic rings. The maximum atomic E-state index is 12.5. The van der Waals surface area contributed by atoms with Crippen LogP contribution in [-0.4, -0.2) is 57.2 Å². The highest BCUT2D eigenvalue weighted by molar-refractivity contribution is 7.89. The first-order valence-corrected chi connectivity index (χ1v) is 8.47. The van der Waals surface area contributed by atoms with Gasteiger partial charge in [-0.2, -0.15) is 17.5 Å². The van der Waals surface area contributed by atoms with Gasteiger partial charge in [0.1, 0.15) is 4.90 Å². The van der Waals surface area contributed by atoms with E-state index in [0.717, 1.165) is 25.2 Å². The summed E-state index contributed by atoms with van der Waals surface area (Å²) in [6.45, 7) is 0.0922. The van der Waals surface area contributed by atoms with Gasteiger partial charge >= 0.3 is 6.18 Å². The summed E-state index contributed by atoms with van der Waals surface area (Å²) < 4.78 is 66.9. The largest absolute Gasteiger partial charge is 0.468 e. The number of sulfonamides is 1. The first-order chi connectivity index (χ1) is 10.7. The second-order valence-electron chi connectivity index (χ2n) is 5.31. The summed E-state index contributed by atoms with van der Waals surface area (Å²) >= 11 is 0. The van der Waals surface area contributed by atoms with Crippen LogP contribution in [0.25, 0.3) is 0 Å². The third-order valence-corrected chi connectivity index (χ3v) is 5.32. The van der Waals surface area contributed by atoms with Crippen LogP contribution >= 0.6 is 0 Å². The normalized spacial score (nSPS) is 19.9. The molecule has 2 heterocycles. The van der Waals surface area contributed by atoms with Gasteiger partial charge in [-0.25, -0.2) is 13.4 Å². The number of pyridine rings is 1. The van der Waals surface area contributed by atoms with Crippen molar-refractivity contribution in [1.82, 2.24) is 14.6 Å². The zero-order valence-electron chi connectivity index (χ0n) is 12.5. The van der Waals surface area contributed by atoms with Crippen molar-refractivity contribution < 1.29 is 26.3 Å². The van der Waals surface area contributed by atoms with Crippen molar-refractivity contribution in [2.24, 2.45) is 5.92 Å². The molecule has 1 aliphatic rings. The summed E-state index contributed by atoms with van der Waals surface area (Å²) in [5.41, 5.74) is 0. The minimum atomic E-state index is -4.47. The molecule has 10 heteroatoms. The number of aromatic nitrogens is 1. The Morgan fingerprint density at radius 2 is 2.17 bits per heavy atom. The Hall–Kier alpha value is -1.39. The van der Waals surface area contributed by atoms with Gasteiger partial charge in [-0.1, -0.05) is 0 Å². The van der Waals surface area contributed by atoms with Crippen LogP contribution in [0.1, 0.15) is 6.42 Å². The van der Waals surface area contributed by atoms with Crippen LogP contribution in [0, 0.1) is 5.92 Å². The van der Waals surface area contributed by atoms with E-state index in [-0.39, 0.29) is 16.7 Å². The average molecular weight is 353 g/mol.